The van der Waals surface area contributed by atoms with Crippen molar-refractivity contribution in [1.29, 1.82) is 0 Å². The molecule has 0 bridgehead atoms. The molecule has 1 saturated heterocycles. The Morgan fingerprint density at radius 2 is 1.93 bits per heavy atom. The number of rotatable bonds is 9. The first-order valence-electron chi connectivity index (χ1n) is 12.3. The fourth-order valence-corrected chi connectivity index (χ4v) is 4.14. The summed E-state index contributed by atoms with van der Waals surface area (Å²) in [7, 11) is 1.95. The first-order valence-corrected chi connectivity index (χ1v) is 12.7. The van der Waals surface area contributed by atoms with E-state index in [0.717, 1.165) is 18.2 Å². The number of hydrogen-bond donors (Lipinski definition) is 1. The van der Waals surface area contributed by atoms with Crippen LogP contribution in [-0.4, -0.2) is 77.5 Å². The van der Waals surface area contributed by atoms with Gasteiger partial charge in [0.1, 0.15) is 29.7 Å². The van der Waals surface area contributed by atoms with E-state index in [2.05, 4.69) is 20.2 Å². The molecule has 14 heteroatoms. The molecule has 2 amide bonds. The second kappa shape index (κ2) is 12.7. The molecule has 4 rings (SSSR count). The molecule has 10 nitrogen and oxygen atoms in total. The van der Waals surface area contributed by atoms with Crippen LogP contribution in [0.4, 0.5) is 13.2 Å². The van der Waals surface area contributed by atoms with Crippen LogP contribution in [0.25, 0.3) is 0 Å². The second-order valence-corrected chi connectivity index (χ2v) is 9.52. The van der Waals surface area contributed by atoms with Gasteiger partial charge in [0.05, 0.1) is 23.4 Å². The van der Waals surface area contributed by atoms with Gasteiger partial charge in [0.2, 0.25) is 11.8 Å². The van der Waals surface area contributed by atoms with Crippen LogP contribution in [-0.2, 0) is 22.3 Å². The van der Waals surface area contributed by atoms with Gasteiger partial charge in [0, 0.05) is 39.3 Å². The van der Waals surface area contributed by atoms with Gasteiger partial charge in [-0.25, -0.2) is 9.97 Å². The van der Waals surface area contributed by atoms with E-state index in [-0.39, 0.29) is 41.3 Å². The number of aromatic nitrogens is 2. The highest BCUT2D eigenvalue weighted by Gasteiger charge is 2.32. The molecule has 2 aromatic heterocycles. The van der Waals surface area contributed by atoms with Crippen LogP contribution in [0.3, 0.4) is 0 Å². The van der Waals surface area contributed by atoms with Gasteiger partial charge < -0.3 is 29.0 Å². The number of hydrogen-bond acceptors (Lipinski definition) is 8. The number of oxazole rings is 1. The van der Waals surface area contributed by atoms with Gasteiger partial charge in [-0.2, -0.15) is 13.2 Å². The molecule has 1 atom stereocenters. The van der Waals surface area contributed by atoms with E-state index in [4.69, 9.17) is 25.5 Å². The number of nitrogens with zero attached hydrogens (tertiary/aromatic N) is 4. The normalized spacial score (nSPS) is 15.1. The number of ether oxygens (including phenoxy) is 2. The largest absolute Gasteiger partial charge is 0.444 e. The fraction of sp³-hybridized carbons (Fsp3) is 0.385. The number of aryl methyl sites for hydroxylation is 1. The zero-order valence-corrected chi connectivity index (χ0v) is 22.5. The monoisotopic (exact) mass is 581 g/mol. The minimum absolute atomic E-state index is 0.0386. The average molecular weight is 582 g/mol. The zero-order valence-electron chi connectivity index (χ0n) is 21.7. The molecular formula is C26H27ClF3N5O5. The summed E-state index contributed by atoms with van der Waals surface area (Å²) < 4.78 is 55.7. The third-order valence-electron chi connectivity index (χ3n) is 6.10. The topological polar surface area (TPSA) is 110 Å². The van der Waals surface area contributed by atoms with Crippen molar-refractivity contribution < 1.29 is 36.7 Å². The molecule has 1 N–H and O–H groups in total. The summed E-state index contributed by atoms with van der Waals surface area (Å²) in [5.74, 6) is -0.422. The molecule has 0 radical (unpaired) electrons. The number of carbonyl (C=O) groups is 2. The summed E-state index contributed by atoms with van der Waals surface area (Å²) in [5.41, 5.74) is -1.00. The van der Waals surface area contributed by atoms with Gasteiger partial charge in [-0.3, -0.25) is 9.59 Å². The molecular weight excluding hydrogens is 555 g/mol. The van der Waals surface area contributed by atoms with Crippen LogP contribution in [0.5, 0.6) is 11.6 Å². The molecule has 3 aromatic rings. The van der Waals surface area contributed by atoms with Crippen LogP contribution in [0.15, 0.2) is 47.1 Å². The summed E-state index contributed by atoms with van der Waals surface area (Å²) in [6, 6.07) is 4.41. The average Bonchev–Trinajstić information content (AvgIpc) is 3.33. The van der Waals surface area contributed by atoms with Crippen LogP contribution in [0.2, 0.25) is 5.02 Å². The Morgan fingerprint density at radius 1 is 1.18 bits per heavy atom. The van der Waals surface area contributed by atoms with Gasteiger partial charge >= 0.3 is 6.18 Å². The van der Waals surface area contributed by atoms with E-state index in [0.29, 0.717) is 37.8 Å². The quantitative estimate of drug-likeness (QED) is 0.405. The van der Waals surface area contributed by atoms with E-state index < -0.39 is 23.7 Å². The molecule has 40 heavy (non-hydrogen) atoms. The van der Waals surface area contributed by atoms with Crippen LogP contribution >= 0.6 is 11.6 Å². The summed E-state index contributed by atoms with van der Waals surface area (Å²) >= 11 is 6.01. The van der Waals surface area contributed by atoms with Gasteiger partial charge in [-0.15, -0.1) is 0 Å². The van der Waals surface area contributed by atoms with Crippen molar-refractivity contribution in [2.75, 3.05) is 39.8 Å². The Bertz CT molecular complexity index is 1340. The number of benzene rings is 1. The third-order valence-corrected chi connectivity index (χ3v) is 6.39. The Balaban J connectivity index is 1.50. The number of carbonyl (C=O) groups excluding carboxylic acids is 2. The lowest BCUT2D eigenvalue weighted by Crippen LogP contribution is -2.55. The molecule has 1 aliphatic rings. The fourth-order valence-electron chi connectivity index (χ4n) is 3.92. The van der Waals surface area contributed by atoms with Crippen molar-refractivity contribution in [3.05, 3.63) is 70.5 Å². The Morgan fingerprint density at radius 3 is 2.58 bits per heavy atom. The van der Waals surface area contributed by atoms with Gasteiger partial charge in [-0.05, 0) is 37.4 Å². The van der Waals surface area contributed by atoms with Crippen molar-refractivity contribution in [1.82, 2.24) is 25.1 Å². The summed E-state index contributed by atoms with van der Waals surface area (Å²) in [6.07, 6.45) is -1.73. The predicted molar refractivity (Wildman–Crippen MR) is 137 cm³/mol. The van der Waals surface area contributed by atoms with Crippen molar-refractivity contribution >= 4 is 23.4 Å². The molecule has 0 saturated carbocycles. The molecule has 0 spiro atoms. The number of amides is 2. The van der Waals surface area contributed by atoms with E-state index in [9.17, 15) is 22.8 Å². The standard InChI is InChI=1S/C26H27ClF3N5O5/c1-16-32-13-18(39-16)14-38-15-21(25(37)35-10-8-34(2)9-11-35)33-23(36)19-4-3-7-31-24(19)40-22-6-5-17(12-20(22)27)26(28,29)30/h3-7,12-13,21H,8-11,14-15H2,1-2H3,(H,33,36)/t21-/m1/s1. The van der Waals surface area contributed by atoms with Crippen LogP contribution < -0.4 is 10.1 Å². The lowest BCUT2D eigenvalue weighted by Gasteiger charge is -2.34. The highest BCUT2D eigenvalue weighted by Crippen LogP contribution is 2.36. The maximum Gasteiger partial charge on any atom is 0.416 e. The number of halogens is 4. The summed E-state index contributed by atoms with van der Waals surface area (Å²) in [5, 5.41) is 2.37. The summed E-state index contributed by atoms with van der Waals surface area (Å²) in [6.45, 7) is 3.90. The van der Waals surface area contributed by atoms with Crippen LogP contribution in [0.1, 0.15) is 27.6 Å². The maximum atomic E-state index is 13.4. The van der Waals surface area contributed by atoms with E-state index in [1.54, 1.807) is 11.8 Å². The van der Waals surface area contributed by atoms with E-state index in [1.165, 1.54) is 24.5 Å². The van der Waals surface area contributed by atoms with Gasteiger partial charge in [-0.1, -0.05) is 11.6 Å². The lowest BCUT2D eigenvalue weighted by atomic mass is 10.2. The first kappa shape index (κ1) is 29.3. The second-order valence-electron chi connectivity index (χ2n) is 9.12. The van der Waals surface area contributed by atoms with Crippen LogP contribution in [0, 0.1) is 6.92 Å². The van der Waals surface area contributed by atoms with Crippen molar-refractivity contribution in [2.24, 2.45) is 0 Å². The smallest absolute Gasteiger partial charge is 0.416 e. The lowest BCUT2D eigenvalue weighted by molar-refractivity contribution is -0.138. The number of piperazine rings is 1. The van der Waals surface area contributed by atoms with Gasteiger partial charge in [0.15, 0.2) is 5.89 Å². The SMILES string of the molecule is Cc1ncc(COC[C@@H](NC(=O)c2cccnc2Oc2ccc(C(F)(F)F)cc2Cl)C(=O)N2CCN(C)CC2)o1. The molecule has 1 fully saturated rings. The molecule has 0 aliphatic carbocycles. The molecule has 1 aliphatic heterocycles. The highest BCUT2D eigenvalue weighted by atomic mass is 35.5. The number of pyridine rings is 1. The zero-order chi connectivity index (χ0) is 28.9. The first-order chi connectivity index (χ1) is 19.0. The number of alkyl halides is 3. The minimum atomic E-state index is -4.59. The third kappa shape index (κ3) is 7.49. The van der Waals surface area contributed by atoms with Crippen molar-refractivity contribution in [2.45, 2.75) is 25.7 Å². The minimum Gasteiger partial charge on any atom is -0.444 e. The Kier molecular flexibility index (Phi) is 9.28. The maximum absolute atomic E-state index is 13.4. The molecule has 3 heterocycles. The van der Waals surface area contributed by atoms with Crippen molar-refractivity contribution in [3.63, 3.8) is 0 Å². The molecule has 214 valence electrons. The van der Waals surface area contributed by atoms with Crippen molar-refractivity contribution in [3.8, 4) is 11.6 Å². The highest BCUT2D eigenvalue weighted by molar-refractivity contribution is 6.32. The van der Waals surface area contributed by atoms with E-state index >= 15 is 0 Å². The number of nitrogens with one attached hydrogen (secondary N) is 1. The van der Waals surface area contributed by atoms with E-state index in [1.807, 2.05) is 7.05 Å². The Hall–Kier alpha value is -3.68. The number of likely N-dealkylation sites (N-methyl/N-ethyl adjacent to an activating group) is 1. The Labute approximate surface area is 233 Å². The van der Waals surface area contributed by atoms with Gasteiger partial charge in [0.25, 0.3) is 5.91 Å². The predicted octanol–water partition coefficient (Wildman–Crippen LogP) is 3.93. The summed E-state index contributed by atoms with van der Waals surface area (Å²) in [4.78, 5) is 38.5. The molecule has 0 unspecified atom stereocenters. The molecule has 1 aromatic carbocycles.